The molecular formula is C83H85B2N3. The van der Waals surface area contributed by atoms with Crippen molar-refractivity contribution in [1.29, 1.82) is 0 Å². The summed E-state index contributed by atoms with van der Waals surface area (Å²) in [5, 5.41) is 8.95. The van der Waals surface area contributed by atoms with Gasteiger partial charge in [0.25, 0.3) is 13.4 Å². The van der Waals surface area contributed by atoms with Gasteiger partial charge in [-0.05, 0) is 238 Å². The molecule has 0 amide bonds. The van der Waals surface area contributed by atoms with Crippen molar-refractivity contribution in [3.05, 3.63) is 148 Å². The van der Waals surface area contributed by atoms with Gasteiger partial charge in [0.15, 0.2) is 0 Å². The molecule has 5 heteroatoms. The van der Waals surface area contributed by atoms with Crippen LogP contribution in [0.2, 0.25) is 0 Å². The quantitative estimate of drug-likeness (QED) is 0.147. The van der Waals surface area contributed by atoms with Gasteiger partial charge in [0.05, 0.1) is 11.0 Å². The third-order valence-electron chi connectivity index (χ3n) is 25.6. The predicted octanol–water partition coefficient (Wildman–Crippen LogP) is 18.8. The van der Waals surface area contributed by atoms with Crippen molar-refractivity contribution in [3.8, 4) is 28.2 Å². The Balaban J connectivity index is 0.969. The summed E-state index contributed by atoms with van der Waals surface area (Å²) in [5.74, 6) is 3.06. The number of nitrogens with zero attached hydrogens (tertiary/aromatic N) is 3. The van der Waals surface area contributed by atoms with Crippen LogP contribution in [0.1, 0.15) is 250 Å². The molecule has 0 atom stereocenters. The number of fused-ring (bicyclic) bond motifs is 13. The molecule has 11 aromatic rings. The van der Waals surface area contributed by atoms with Crippen LogP contribution < -0.4 is 32.8 Å². The lowest BCUT2D eigenvalue weighted by Gasteiger charge is -2.43. The summed E-state index contributed by atoms with van der Waals surface area (Å²) in [6.07, 6.45) is 33.4. The number of rotatable bonds is 6. The third kappa shape index (κ3) is 7.23. The van der Waals surface area contributed by atoms with Gasteiger partial charge in [0, 0.05) is 71.4 Å². The Morgan fingerprint density at radius 2 is 0.659 bits per heavy atom. The van der Waals surface area contributed by atoms with E-state index in [2.05, 4.69) is 151 Å². The van der Waals surface area contributed by atoms with E-state index in [1.165, 1.54) is 271 Å². The van der Waals surface area contributed by atoms with Gasteiger partial charge >= 0.3 is 0 Å². The Kier molecular flexibility index (Phi) is 11.3. The Hall–Kier alpha value is -6.71. The molecule has 4 aliphatic heterocycles. The van der Waals surface area contributed by atoms with E-state index in [0.29, 0.717) is 29.6 Å². The second-order valence-corrected chi connectivity index (χ2v) is 31.4. The van der Waals surface area contributed by atoms with Gasteiger partial charge in [-0.25, -0.2) is 0 Å². The zero-order valence-electron chi connectivity index (χ0n) is 53.0. The molecule has 438 valence electrons. The highest BCUT2D eigenvalue weighted by molar-refractivity contribution is 7.04. The zero-order valence-corrected chi connectivity index (χ0v) is 53.0. The van der Waals surface area contributed by atoms with Crippen molar-refractivity contribution in [2.45, 2.75) is 223 Å². The molecule has 0 saturated heterocycles. The fraction of sp³-hybridized carbons (Fsp3) is 0.422. The van der Waals surface area contributed by atoms with Gasteiger partial charge < -0.3 is 13.7 Å². The maximum atomic E-state index is 2.97. The van der Waals surface area contributed by atoms with Gasteiger partial charge in [-0.15, -0.1) is 0 Å². The number of benzene rings is 8. The third-order valence-corrected chi connectivity index (χ3v) is 25.6. The topological polar surface area (TPSA) is 14.8 Å². The Morgan fingerprint density at radius 3 is 1.06 bits per heavy atom. The molecule has 0 spiro atoms. The molecule has 88 heavy (non-hydrogen) atoms. The fourth-order valence-electron chi connectivity index (χ4n) is 21.3. The number of hydrogen-bond donors (Lipinski definition) is 0. The van der Waals surface area contributed by atoms with E-state index >= 15 is 0 Å². The minimum absolute atomic E-state index is 0.0669. The smallest absolute Gasteiger partial charge is 0.252 e. The summed E-state index contributed by atoms with van der Waals surface area (Å²) < 4.78 is 8.76. The van der Waals surface area contributed by atoms with Crippen LogP contribution in [0.5, 0.6) is 0 Å². The normalized spacial score (nSPS) is 19.8. The van der Waals surface area contributed by atoms with Gasteiger partial charge in [-0.2, -0.15) is 0 Å². The van der Waals surface area contributed by atoms with Gasteiger partial charge in [-0.3, -0.25) is 0 Å². The van der Waals surface area contributed by atoms with Gasteiger partial charge in [0.2, 0.25) is 0 Å². The number of hydrogen-bond acceptors (Lipinski definition) is 0. The molecule has 5 saturated carbocycles. The molecule has 8 aromatic carbocycles. The summed E-state index contributed by atoms with van der Waals surface area (Å²) in [7, 11) is 0. The first-order valence-electron chi connectivity index (χ1n) is 35.9. The van der Waals surface area contributed by atoms with Crippen LogP contribution in [-0.4, -0.2) is 27.1 Å². The lowest BCUT2D eigenvalue weighted by atomic mass is 9.29. The monoisotopic (exact) mass is 1150 g/mol. The molecule has 0 N–H and O–H groups in total. The van der Waals surface area contributed by atoms with Crippen LogP contribution >= 0.6 is 0 Å². The van der Waals surface area contributed by atoms with Crippen molar-refractivity contribution in [2.24, 2.45) is 0 Å². The Bertz CT molecular complexity index is 4810. The molecule has 5 fully saturated rings. The van der Waals surface area contributed by atoms with Gasteiger partial charge in [0.1, 0.15) is 0 Å². The summed E-state index contributed by atoms with van der Waals surface area (Å²) in [4.78, 5) is 0. The molecule has 3 nitrogen and oxygen atoms in total. The van der Waals surface area contributed by atoms with Crippen molar-refractivity contribution in [2.75, 3.05) is 0 Å². The predicted molar refractivity (Wildman–Crippen MR) is 377 cm³/mol. The highest BCUT2D eigenvalue weighted by Crippen LogP contribution is 2.50. The first-order chi connectivity index (χ1) is 43.2. The van der Waals surface area contributed by atoms with E-state index in [1.54, 1.807) is 55.1 Å². The molecule has 5 aliphatic carbocycles. The molecule has 9 aliphatic rings. The van der Waals surface area contributed by atoms with Crippen molar-refractivity contribution >= 4 is 112 Å². The maximum Gasteiger partial charge on any atom is 0.252 e. The fourth-order valence-corrected chi connectivity index (χ4v) is 21.3. The van der Waals surface area contributed by atoms with Crippen molar-refractivity contribution in [1.82, 2.24) is 13.7 Å². The van der Waals surface area contributed by atoms with Crippen LogP contribution in [0.4, 0.5) is 0 Å². The van der Waals surface area contributed by atoms with Crippen LogP contribution in [0.25, 0.3) is 93.6 Å². The summed E-state index contributed by atoms with van der Waals surface area (Å²) in [6, 6.07) is 47.8. The van der Waals surface area contributed by atoms with Crippen LogP contribution in [0.15, 0.2) is 109 Å². The molecular weight excluding hydrogens is 1060 g/mol. The van der Waals surface area contributed by atoms with E-state index in [1.807, 2.05) is 0 Å². The molecule has 3 aromatic heterocycles. The van der Waals surface area contributed by atoms with Crippen molar-refractivity contribution in [3.63, 3.8) is 0 Å². The second kappa shape index (κ2) is 19.2. The summed E-state index contributed by atoms with van der Waals surface area (Å²) >= 11 is 0. The van der Waals surface area contributed by atoms with E-state index < -0.39 is 0 Å². The van der Waals surface area contributed by atoms with Crippen LogP contribution in [0.3, 0.4) is 0 Å². The standard InChI is InChI=1S/C83H85B2N3/c1-48-76-74-82-75-77(48)87-73-37-33-56(50-22-12-6-13-23-50)39-63(73)65-41-60(54-30-34-61(35-31-54)83(2,3)4)47-69(79(65)87)85(75)71-46-59(53-28-18-9-19-29-53)43-67-66-42-58(52-26-16-8-17-27-52)45-70(80(66)88(82)81(67)71)84(74)68-44-57(51-24-14-7-15-25-51)40-64-62-38-55(49-20-10-5-11-21-49)32-36-72(62)86(76)78(64)68/h30-47,49-53H,5-29H2,1-4H3. The van der Waals surface area contributed by atoms with Crippen LogP contribution in [-0.2, 0) is 5.41 Å². The minimum atomic E-state index is 0.0669. The lowest BCUT2D eigenvalue weighted by Crippen LogP contribution is -2.67. The molecule has 0 bridgehead atoms. The molecule has 7 heterocycles. The molecule has 20 rings (SSSR count). The average molecular weight is 1150 g/mol. The molecule has 0 radical (unpaired) electrons. The first kappa shape index (κ1) is 52.1. The lowest BCUT2D eigenvalue weighted by molar-refractivity contribution is 0.444. The van der Waals surface area contributed by atoms with E-state index in [4.69, 9.17) is 0 Å². The van der Waals surface area contributed by atoms with Crippen molar-refractivity contribution < 1.29 is 0 Å². The SMILES string of the molecule is Cc1c2c3c4c5c1-n1c6ccc(C7CCCCC7)cc6c6cc(C7CCCCC7)cc(c61)B5c1cc(C5CCCCC5)cc5c6cc(C7CCCCC7)cc(c6n-4c15)B3c1cc(-c3ccc(C(C)(C)C)cc3)cc3c4cc(C5CCCCC5)ccc4n-2c13. The second-order valence-electron chi connectivity index (χ2n) is 31.4. The zero-order chi connectivity index (χ0) is 58.0. The van der Waals surface area contributed by atoms with Crippen LogP contribution in [0, 0.1) is 6.92 Å². The average Bonchev–Trinajstić information content (AvgIpc) is 1.36. The summed E-state index contributed by atoms with van der Waals surface area (Å²) in [5.41, 5.74) is 36.2. The largest absolute Gasteiger partial charge is 0.311 e. The van der Waals surface area contributed by atoms with E-state index in [-0.39, 0.29) is 18.8 Å². The van der Waals surface area contributed by atoms with E-state index in [0.717, 1.165) is 0 Å². The first-order valence-corrected chi connectivity index (χ1v) is 35.9. The Morgan fingerprint density at radius 1 is 0.318 bits per heavy atom. The van der Waals surface area contributed by atoms with Gasteiger partial charge in [-0.1, -0.05) is 178 Å². The van der Waals surface area contributed by atoms with E-state index in [9.17, 15) is 0 Å². The Labute approximate surface area is 521 Å². The highest BCUT2D eigenvalue weighted by Gasteiger charge is 2.51. The highest BCUT2D eigenvalue weighted by atomic mass is 15.1. The maximum absolute atomic E-state index is 2.97. The molecule has 0 unspecified atom stereocenters. The summed E-state index contributed by atoms with van der Waals surface area (Å²) in [6.45, 7) is 9.88. The number of aromatic nitrogens is 3. The minimum Gasteiger partial charge on any atom is -0.311 e.